The Morgan fingerprint density at radius 2 is 1.58 bits per heavy atom. The fraction of sp³-hybridized carbons (Fsp3) is 0. The quantitative estimate of drug-likeness (QED) is 0.422. The third-order valence-electron chi connectivity index (χ3n) is 3.40. The molecule has 4 aromatic rings. The van der Waals surface area contributed by atoms with Crippen LogP contribution in [0.5, 0.6) is 0 Å². The molecular weight excluding hydrogens is 248 g/mol. The van der Waals surface area contributed by atoms with Gasteiger partial charge in [0.15, 0.2) is 0 Å². The van der Waals surface area contributed by atoms with Crippen LogP contribution >= 0.6 is 11.3 Å². The molecule has 1 heterocycles. The highest BCUT2D eigenvalue weighted by molar-refractivity contribution is 7.26. The molecule has 0 unspecified atom stereocenters. The maximum absolute atomic E-state index is 3.33. The Morgan fingerprint density at radius 1 is 0.737 bits per heavy atom. The van der Waals surface area contributed by atoms with Crippen LogP contribution in [0.2, 0.25) is 0 Å². The first-order valence-corrected chi connectivity index (χ1v) is 7.12. The summed E-state index contributed by atoms with van der Waals surface area (Å²) in [4.78, 5) is 0. The van der Waals surface area contributed by atoms with Crippen molar-refractivity contribution in [2.45, 2.75) is 0 Å². The van der Waals surface area contributed by atoms with Gasteiger partial charge in [-0.05, 0) is 17.7 Å². The average Bonchev–Trinajstić information content (AvgIpc) is 2.87. The van der Waals surface area contributed by atoms with E-state index in [1.54, 1.807) is 0 Å². The minimum atomic E-state index is 1.17. The first-order chi connectivity index (χ1) is 9.43. The van der Waals surface area contributed by atoms with Crippen LogP contribution in [0.3, 0.4) is 0 Å². The Morgan fingerprint density at radius 3 is 2.47 bits per heavy atom. The first-order valence-electron chi connectivity index (χ1n) is 6.31. The van der Waals surface area contributed by atoms with Crippen LogP contribution in [0.4, 0.5) is 0 Å². The van der Waals surface area contributed by atoms with Crippen LogP contribution in [0.25, 0.3) is 31.3 Å². The van der Waals surface area contributed by atoms with Gasteiger partial charge in [-0.2, -0.15) is 0 Å². The van der Waals surface area contributed by atoms with Crippen LogP contribution in [0, 0.1) is 6.07 Å². The van der Waals surface area contributed by atoms with Gasteiger partial charge in [0.2, 0.25) is 0 Å². The van der Waals surface area contributed by atoms with Gasteiger partial charge in [0.05, 0.1) is 0 Å². The maximum atomic E-state index is 3.33. The van der Waals surface area contributed by atoms with Gasteiger partial charge in [0, 0.05) is 25.7 Å². The van der Waals surface area contributed by atoms with Crippen molar-refractivity contribution in [2.24, 2.45) is 0 Å². The molecular formula is C18H11S. The van der Waals surface area contributed by atoms with Crippen LogP contribution in [-0.2, 0) is 0 Å². The molecule has 1 aromatic heterocycles. The number of hydrogen-bond acceptors (Lipinski definition) is 1. The molecule has 19 heavy (non-hydrogen) atoms. The normalized spacial score (nSPS) is 11.2. The van der Waals surface area contributed by atoms with E-state index in [1.807, 2.05) is 23.5 Å². The molecule has 0 saturated carbocycles. The molecule has 0 amide bonds. The Bertz CT molecular complexity index is 857. The standard InChI is InChI=1S/C18H11S/c1-2-7-13(8-3-1)14-10-6-11-16-15-9-4-5-12-17(15)19-18(14)16/h1-7,9-12H. The Hall–Kier alpha value is -2.12. The van der Waals surface area contributed by atoms with Gasteiger partial charge in [-0.25, -0.2) is 0 Å². The summed E-state index contributed by atoms with van der Waals surface area (Å²) in [5.41, 5.74) is 2.44. The topological polar surface area (TPSA) is 0 Å². The van der Waals surface area contributed by atoms with Gasteiger partial charge in [-0.3, -0.25) is 0 Å². The van der Waals surface area contributed by atoms with Crippen molar-refractivity contribution in [3.05, 3.63) is 72.8 Å². The summed E-state index contributed by atoms with van der Waals surface area (Å²) in [5.74, 6) is 0. The molecule has 0 aliphatic carbocycles. The molecule has 1 radical (unpaired) electrons. The Labute approximate surface area is 115 Å². The molecule has 89 valence electrons. The summed E-state index contributed by atoms with van der Waals surface area (Å²) in [6, 6.07) is 26.6. The van der Waals surface area contributed by atoms with Crippen LogP contribution in [-0.4, -0.2) is 0 Å². The second-order valence-corrected chi connectivity index (χ2v) is 5.61. The van der Waals surface area contributed by atoms with E-state index in [9.17, 15) is 0 Å². The highest BCUT2D eigenvalue weighted by Crippen LogP contribution is 2.39. The summed E-state index contributed by atoms with van der Waals surface area (Å²) in [7, 11) is 0. The molecule has 0 atom stereocenters. The number of thiophene rings is 1. The van der Waals surface area contributed by atoms with E-state index >= 15 is 0 Å². The van der Waals surface area contributed by atoms with E-state index in [-0.39, 0.29) is 0 Å². The molecule has 1 heteroatoms. The lowest BCUT2D eigenvalue weighted by atomic mass is 10.0. The van der Waals surface area contributed by atoms with E-state index in [1.165, 1.54) is 31.3 Å². The molecule has 0 aliphatic rings. The fourth-order valence-corrected chi connectivity index (χ4v) is 3.75. The summed E-state index contributed by atoms with van der Waals surface area (Å²) in [6.45, 7) is 0. The summed E-state index contributed by atoms with van der Waals surface area (Å²) in [6.07, 6.45) is 0. The van der Waals surface area contributed by atoms with Crippen molar-refractivity contribution < 1.29 is 0 Å². The number of rotatable bonds is 1. The predicted molar refractivity (Wildman–Crippen MR) is 83.6 cm³/mol. The highest BCUT2D eigenvalue weighted by Gasteiger charge is 2.09. The largest absolute Gasteiger partial charge is 0.135 e. The maximum Gasteiger partial charge on any atom is 0.0434 e. The van der Waals surface area contributed by atoms with Gasteiger partial charge >= 0.3 is 0 Å². The van der Waals surface area contributed by atoms with Crippen molar-refractivity contribution >= 4 is 31.5 Å². The van der Waals surface area contributed by atoms with Crippen molar-refractivity contribution in [1.82, 2.24) is 0 Å². The van der Waals surface area contributed by atoms with Crippen molar-refractivity contribution in [3.63, 3.8) is 0 Å². The van der Waals surface area contributed by atoms with Crippen molar-refractivity contribution in [1.29, 1.82) is 0 Å². The molecule has 0 saturated heterocycles. The molecule has 0 bridgehead atoms. The molecule has 0 fully saturated rings. The van der Waals surface area contributed by atoms with E-state index in [0.29, 0.717) is 0 Å². The van der Waals surface area contributed by atoms with Crippen molar-refractivity contribution in [3.8, 4) is 11.1 Å². The summed E-state index contributed by atoms with van der Waals surface area (Å²) in [5, 5.41) is 2.69. The van der Waals surface area contributed by atoms with Gasteiger partial charge in [0.1, 0.15) is 0 Å². The predicted octanol–water partition coefficient (Wildman–Crippen LogP) is 5.52. The zero-order valence-corrected chi connectivity index (χ0v) is 11.1. The molecule has 0 N–H and O–H groups in total. The lowest BCUT2D eigenvalue weighted by molar-refractivity contribution is 1.66. The smallest absolute Gasteiger partial charge is 0.0434 e. The van der Waals surface area contributed by atoms with Crippen molar-refractivity contribution in [2.75, 3.05) is 0 Å². The number of fused-ring (bicyclic) bond motifs is 3. The monoisotopic (exact) mass is 259 g/mol. The van der Waals surface area contributed by atoms with Gasteiger partial charge in [-0.15, -0.1) is 11.3 Å². The first kappa shape index (κ1) is 10.8. The third-order valence-corrected chi connectivity index (χ3v) is 4.62. The molecule has 0 aliphatic heterocycles. The van der Waals surface area contributed by atoms with E-state index in [2.05, 4.69) is 60.7 Å². The number of hydrogen-bond donors (Lipinski definition) is 0. The molecule has 0 nitrogen and oxygen atoms in total. The summed E-state index contributed by atoms with van der Waals surface area (Å²) >= 11 is 1.86. The lowest BCUT2D eigenvalue weighted by Crippen LogP contribution is -1.77. The summed E-state index contributed by atoms with van der Waals surface area (Å²) < 4.78 is 2.70. The van der Waals surface area contributed by atoms with Gasteiger partial charge in [0.25, 0.3) is 0 Å². The SMILES string of the molecule is [c]1ccccc1-c1cccc2c1sc1ccccc12. The van der Waals surface area contributed by atoms with Crippen LogP contribution in [0.1, 0.15) is 0 Å². The van der Waals surface area contributed by atoms with Crippen LogP contribution < -0.4 is 0 Å². The van der Waals surface area contributed by atoms with Gasteiger partial charge < -0.3 is 0 Å². The fourth-order valence-electron chi connectivity index (χ4n) is 2.52. The van der Waals surface area contributed by atoms with Crippen LogP contribution in [0.15, 0.2) is 66.7 Å². The zero-order chi connectivity index (χ0) is 12.7. The second-order valence-electron chi connectivity index (χ2n) is 4.56. The second kappa shape index (κ2) is 4.22. The zero-order valence-electron chi connectivity index (χ0n) is 10.3. The minimum absolute atomic E-state index is 1.17. The molecule has 4 rings (SSSR count). The van der Waals surface area contributed by atoms with E-state index < -0.39 is 0 Å². The van der Waals surface area contributed by atoms with E-state index in [4.69, 9.17) is 0 Å². The Balaban J connectivity index is 2.13. The van der Waals surface area contributed by atoms with E-state index in [0.717, 1.165) is 0 Å². The molecule has 3 aromatic carbocycles. The number of benzene rings is 3. The highest BCUT2D eigenvalue weighted by atomic mass is 32.1. The lowest BCUT2D eigenvalue weighted by Gasteiger charge is -2.02. The minimum Gasteiger partial charge on any atom is -0.135 e. The van der Waals surface area contributed by atoms with Gasteiger partial charge in [-0.1, -0.05) is 60.7 Å². The average molecular weight is 259 g/mol. The molecule has 0 spiro atoms. The third kappa shape index (κ3) is 1.66. The Kier molecular flexibility index (Phi) is 2.39.